The van der Waals surface area contributed by atoms with Crippen LogP contribution < -0.4 is 5.32 Å². The molecule has 2 unspecified atom stereocenters. The van der Waals surface area contributed by atoms with Gasteiger partial charge in [0.1, 0.15) is 5.01 Å². The van der Waals surface area contributed by atoms with E-state index in [2.05, 4.69) is 26.1 Å². The first-order valence-electron chi connectivity index (χ1n) is 6.89. The number of ether oxygens (including phenoxy) is 1. The summed E-state index contributed by atoms with van der Waals surface area (Å²) in [4.78, 5) is 6.15. The van der Waals surface area contributed by atoms with Gasteiger partial charge in [0.15, 0.2) is 0 Å². The molecule has 1 aromatic heterocycles. The maximum absolute atomic E-state index is 5.60. The molecule has 18 heavy (non-hydrogen) atoms. The molecule has 1 saturated carbocycles. The average molecular weight is 266 g/mol. The summed E-state index contributed by atoms with van der Waals surface area (Å²) in [5.41, 5.74) is 1.18. The lowest BCUT2D eigenvalue weighted by Gasteiger charge is -2.34. The third kappa shape index (κ3) is 2.22. The van der Waals surface area contributed by atoms with Gasteiger partial charge < -0.3 is 10.1 Å². The fourth-order valence-corrected chi connectivity index (χ4v) is 3.79. The lowest BCUT2D eigenvalue weighted by Crippen LogP contribution is -2.47. The molecule has 1 aromatic rings. The maximum atomic E-state index is 5.60. The van der Waals surface area contributed by atoms with Crippen molar-refractivity contribution < 1.29 is 4.74 Å². The largest absolute Gasteiger partial charge is 0.381 e. The van der Waals surface area contributed by atoms with Crippen LogP contribution in [0.3, 0.4) is 0 Å². The van der Waals surface area contributed by atoms with E-state index in [1.165, 1.54) is 28.4 Å². The summed E-state index contributed by atoms with van der Waals surface area (Å²) in [5, 5.41) is 5.08. The first-order chi connectivity index (χ1) is 8.59. The van der Waals surface area contributed by atoms with Crippen molar-refractivity contribution in [3.63, 3.8) is 0 Å². The van der Waals surface area contributed by atoms with Crippen LogP contribution in [-0.2, 0) is 10.3 Å². The second kappa shape index (κ2) is 4.58. The van der Waals surface area contributed by atoms with Gasteiger partial charge in [0.05, 0.1) is 17.8 Å². The van der Waals surface area contributed by atoms with Crippen molar-refractivity contribution in [1.82, 2.24) is 10.3 Å². The molecule has 2 heterocycles. The third-order valence-corrected chi connectivity index (χ3v) is 5.61. The fourth-order valence-electron chi connectivity index (χ4n) is 2.69. The molecular formula is C14H22N2OS. The number of rotatable bonds is 4. The summed E-state index contributed by atoms with van der Waals surface area (Å²) < 4.78 is 5.60. The van der Waals surface area contributed by atoms with Crippen LogP contribution in [0, 0.1) is 19.8 Å². The van der Waals surface area contributed by atoms with E-state index in [1.54, 1.807) is 0 Å². The predicted octanol–water partition coefficient (Wildman–Crippen LogP) is 2.76. The Bertz CT molecular complexity index is 416. The molecule has 1 aliphatic heterocycles. The lowest BCUT2D eigenvalue weighted by atomic mass is 9.85. The zero-order chi connectivity index (χ0) is 12.8. The number of thiazole rings is 1. The first-order valence-corrected chi connectivity index (χ1v) is 7.71. The second-order valence-electron chi connectivity index (χ2n) is 5.84. The molecule has 0 amide bonds. The topological polar surface area (TPSA) is 34.2 Å². The van der Waals surface area contributed by atoms with Crippen LogP contribution >= 0.6 is 11.3 Å². The van der Waals surface area contributed by atoms with Gasteiger partial charge in [-0.1, -0.05) is 0 Å². The zero-order valence-electron chi connectivity index (χ0n) is 11.5. The van der Waals surface area contributed by atoms with E-state index >= 15 is 0 Å². The second-order valence-corrected chi connectivity index (χ2v) is 7.05. The molecule has 3 nitrogen and oxygen atoms in total. The fraction of sp³-hybridized carbons (Fsp3) is 0.786. The minimum Gasteiger partial charge on any atom is -0.381 e. The Labute approximate surface area is 113 Å². The number of hydrogen-bond acceptors (Lipinski definition) is 4. The number of aryl methyl sites for hydroxylation is 2. The molecule has 2 fully saturated rings. The van der Waals surface area contributed by atoms with Crippen molar-refractivity contribution in [3.05, 3.63) is 15.6 Å². The normalized spacial score (nSPS) is 27.4. The van der Waals surface area contributed by atoms with Gasteiger partial charge in [0, 0.05) is 23.4 Å². The van der Waals surface area contributed by atoms with E-state index in [4.69, 9.17) is 9.72 Å². The smallest absolute Gasteiger partial charge is 0.113 e. The number of nitrogens with one attached hydrogen (secondary N) is 1. The summed E-state index contributed by atoms with van der Waals surface area (Å²) in [5.74, 6) is 0.558. The molecule has 100 valence electrons. The van der Waals surface area contributed by atoms with Crippen molar-refractivity contribution in [1.29, 1.82) is 0 Å². The van der Waals surface area contributed by atoms with Crippen LogP contribution in [0.25, 0.3) is 0 Å². The Kier molecular flexibility index (Phi) is 3.20. The zero-order valence-corrected chi connectivity index (χ0v) is 12.3. The van der Waals surface area contributed by atoms with Gasteiger partial charge in [-0.2, -0.15) is 0 Å². The molecule has 0 aromatic carbocycles. The summed E-state index contributed by atoms with van der Waals surface area (Å²) in [6.07, 6.45) is 3.77. The SMILES string of the molecule is Cc1nc(C(C)(NC2CC2)C2CCOC2)sc1C. The number of hydrogen-bond donors (Lipinski definition) is 1. The molecule has 1 N–H and O–H groups in total. The maximum Gasteiger partial charge on any atom is 0.113 e. The Morgan fingerprint density at radius 1 is 1.33 bits per heavy atom. The van der Waals surface area contributed by atoms with Gasteiger partial charge in [-0.3, -0.25) is 0 Å². The highest BCUT2D eigenvalue weighted by atomic mass is 32.1. The molecule has 2 atom stereocenters. The third-order valence-electron chi connectivity index (χ3n) is 4.30. The quantitative estimate of drug-likeness (QED) is 0.910. The monoisotopic (exact) mass is 266 g/mol. The van der Waals surface area contributed by atoms with Crippen LogP contribution in [0.5, 0.6) is 0 Å². The van der Waals surface area contributed by atoms with Gasteiger partial charge >= 0.3 is 0 Å². The van der Waals surface area contributed by atoms with Crippen molar-refractivity contribution >= 4 is 11.3 Å². The van der Waals surface area contributed by atoms with Gasteiger partial charge in [0.2, 0.25) is 0 Å². The molecule has 3 rings (SSSR count). The minimum absolute atomic E-state index is 0.00134. The lowest BCUT2D eigenvalue weighted by molar-refractivity contribution is 0.151. The van der Waals surface area contributed by atoms with Crippen LogP contribution in [0.4, 0.5) is 0 Å². The van der Waals surface area contributed by atoms with Crippen LogP contribution in [0.15, 0.2) is 0 Å². The number of nitrogens with zero attached hydrogens (tertiary/aromatic N) is 1. The van der Waals surface area contributed by atoms with Crippen molar-refractivity contribution in [2.75, 3.05) is 13.2 Å². The van der Waals surface area contributed by atoms with Gasteiger partial charge in [-0.05, 0) is 40.0 Å². The van der Waals surface area contributed by atoms with Crippen molar-refractivity contribution in [3.8, 4) is 0 Å². The van der Waals surface area contributed by atoms with Crippen LogP contribution in [0.2, 0.25) is 0 Å². The summed E-state index contributed by atoms with van der Waals surface area (Å²) in [6.45, 7) is 8.36. The van der Waals surface area contributed by atoms with E-state index in [0.717, 1.165) is 19.6 Å². The van der Waals surface area contributed by atoms with E-state index in [0.29, 0.717) is 12.0 Å². The molecule has 2 aliphatic rings. The highest BCUT2D eigenvalue weighted by molar-refractivity contribution is 7.11. The van der Waals surface area contributed by atoms with E-state index in [1.807, 2.05) is 11.3 Å². The Morgan fingerprint density at radius 3 is 2.61 bits per heavy atom. The Balaban J connectivity index is 1.91. The first kappa shape index (κ1) is 12.6. The van der Waals surface area contributed by atoms with Gasteiger partial charge in [-0.25, -0.2) is 4.98 Å². The van der Waals surface area contributed by atoms with Crippen LogP contribution in [-0.4, -0.2) is 24.2 Å². The molecule has 0 spiro atoms. The predicted molar refractivity (Wildman–Crippen MR) is 74.0 cm³/mol. The van der Waals surface area contributed by atoms with E-state index in [9.17, 15) is 0 Å². The van der Waals surface area contributed by atoms with Crippen molar-refractivity contribution in [2.24, 2.45) is 5.92 Å². The van der Waals surface area contributed by atoms with E-state index in [-0.39, 0.29) is 5.54 Å². The summed E-state index contributed by atoms with van der Waals surface area (Å²) >= 11 is 1.85. The molecule has 4 heteroatoms. The highest BCUT2D eigenvalue weighted by Crippen LogP contribution is 2.40. The average Bonchev–Trinajstić information content (AvgIpc) is 2.86. The Morgan fingerprint density at radius 2 is 2.11 bits per heavy atom. The summed E-state index contributed by atoms with van der Waals surface area (Å²) in [7, 11) is 0. The number of aromatic nitrogens is 1. The molecular weight excluding hydrogens is 244 g/mol. The molecule has 0 radical (unpaired) electrons. The van der Waals surface area contributed by atoms with Crippen LogP contribution in [0.1, 0.15) is 41.8 Å². The van der Waals surface area contributed by atoms with Gasteiger partial charge in [0.25, 0.3) is 0 Å². The highest BCUT2D eigenvalue weighted by Gasteiger charge is 2.43. The minimum atomic E-state index is 0.00134. The Hall–Kier alpha value is -0.450. The standard InChI is InChI=1S/C14H22N2OS/c1-9-10(2)18-13(15-9)14(3,16-12-4-5-12)11-6-7-17-8-11/h11-12,16H,4-8H2,1-3H3. The van der Waals surface area contributed by atoms with Crippen molar-refractivity contribution in [2.45, 2.75) is 51.6 Å². The van der Waals surface area contributed by atoms with Gasteiger partial charge in [-0.15, -0.1) is 11.3 Å². The molecule has 1 saturated heterocycles. The molecule has 1 aliphatic carbocycles. The summed E-state index contributed by atoms with van der Waals surface area (Å²) in [6, 6.07) is 0.695. The molecule has 0 bridgehead atoms. The van der Waals surface area contributed by atoms with E-state index < -0.39 is 0 Å².